The summed E-state index contributed by atoms with van der Waals surface area (Å²) in [6.07, 6.45) is -2.36. The lowest BCUT2D eigenvalue weighted by Crippen LogP contribution is -2.44. The van der Waals surface area contributed by atoms with Crippen LogP contribution in [0.25, 0.3) is 11.0 Å². The molecule has 0 aliphatic carbocycles. The Hall–Kier alpha value is -1.67. The van der Waals surface area contributed by atoms with Crippen molar-refractivity contribution in [1.29, 1.82) is 0 Å². The Morgan fingerprint density at radius 2 is 1.85 bits per heavy atom. The number of nitrogens with two attached hydrogens (primary N) is 1. The van der Waals surface area contributed by atoms with Gasteiger partial charge in [-0.3, -0.25) is 4.52 Å². The Labute approximate surface area is 190 Å². The lowest BCUT2D eigenvalue weighted by molar-refractivity contribution is -0.185. The third-order valence-corrected chi connectivity index (χ3v) is 5.61. The summed E-state index contributed by atoms with van der Waals surface area (Å²) in [6, 6.07) is 0. The van der Waals surface area contributed by atoms with Crippen molar-refractivity contribution in [3.63, 3.8) is 0 Å². The maximum Gasteiger partial charge on any atom is 0.469 e. The highest BCUT2D eigenvalue weighted by atomic mass is 31.2. The van der Waals surface area contributed by atoms with Crippen molar-refractivity contribution < 1.29 is 43.3 Å². The van der Waals surface area contributed by atoms with Crippen LogP contribution in [0.1, 0.15) is 52.7 Å². The van der Waals surface area contributed by atoms with Crippen LogP contribution in [-0.2, 0) is 23.3 Å². The van der Waals surface area contributed by atoms with Gasteiger partial charge in [-0.2, -0.15) is 0 Å². The van der Waals surface area contributed by atoms with Crippen LogP contribution < -0.4 is 5.73 Å². The molecule has 4 atom stereocenters. The maximum atomic E-state index is 11.1. The van der Waals surface area contributed by atoms with Crippen LogP contribution in [0.15, 0.2) is 12.5 Å². The summed E-state index contributed by atoms with van der Waals surface area (Å²) in [5.41, 5.74) is 5.06. The number of aromatic nitrogens is 3. The summed E-state index contributed by atoms with van der Waals surface area (Å²) in [4.78, 5) is 26.3. The minimum absolute atomic E-state index is 0.151. The molecule has 1 saturated heterocycles. The van der Waals surface area contributed by atoms with Gasteiger partial charge in [0.2, 0.25) is 0 Å². The Kier molecular flexibility index (Phi) is 7.49. The summed E-state index contributed by atoms with van der Waals surface area (Å²) in [5, 5.41) is 22.1. The molecule has 14 heteroatoms. The number of phosphoric acid groups is 1. The van der Waals surface area contributed by atoms with E-state index in [0.29, 0.717) is 10.9 Å². The van der Waals surface area contributed by atoms with Gasteiger partial charge < -0.3 is 44.5 Å². The van der Waals surface area contributed by atoms with E-state index >= 15 is 0 Å². The summed E-state index contributed by atoms with van der Waals surface area (Å²) in [5.74, 6) is 0.151. The van der Waals surface area contributed by atoms with Gasteiger partial charge in [-0.05, 0) is 34.6 Å². The van der Waals surface area contributed by atoms with Crippen molar-refractivity contribution in [1.82, 2.24) is 14.5 Å². The number of aliphatic hydroxyl groups excluding tert-OH is 1. The number of ether oxygens (including phenoxy) is 3. The van der Waals surface area contributed by atoms with Crippen LogP contribution in [0.2, 0.25) is 0 Å². The third kappa shape index (κ3) is 5.53. The van der Waals surface area contributed by atoms with Gasteiger partial charge >= 0.3 is 7.82 Å². The van der Waals surface area contributed by atoms with E-state index in [-0.39, 0.29) is 23.7 Å². The predicted octanol–water partition coefficient (Wildman–Crippen LogP) is 0.981. The van der Waals surface area contributed by atoms with Gasteiger partial charge in [-0.15, -0.1) is 0 Å². The van der Waals surface area contributed by atoms with Crippen LogP contribution in [0.3, 0.4) is 0 Å². The standard InChI is InChI=1S/C19H31N4O9P/c1-9(2)30-17(31-10(3)4)11-6-23(16-13(11)15(20)21-8-22-16)18-19(5,25)14(24)12(32-18)7-29-33(26,27)28/h6,8-10,12,14,17-18,24-25H,7H2,1-5H3,(H2,20,21,22)(H2,26,27,28)/t12?,14?,18?,19-/m1/s1. The van der Waals surface area contributed by atoms with Gasteiger partial charge in [0, 0.05) is 11.8 Å². The Morgan fingerprint density at radius 1 is 1.24 bits per heavy atom. The van der Waals surface area contributed by atoms with Gasteiger partial charge in [-0.25, -0.2) is 14.5 Å². The molecule has 3 heterocycles. The first-order valence-electron chi connectivity index (χ1n) is 10.4. The average Bonchev–Trinajstić information content (AvgIpc) is 3.15. The Balaban J connectivity index is 2.08. The topological polar surface area (TPSA) is 192 Å². The number of nitrogen functional groups attached to an aromatic ring is 1. The summed E-state index contributed by atoms with van der Waals surface area (Å²) in [6.45, 7) is 8.09. The zero-order valence-corrected chi connectivity index (χ0v) is 19.9. The van der Waals surface area contributed by atoms with Gasteiger partial charge in [-0.1, -0.05) is 0 Å². The summed E-state index contributed by atoms with van der Waals surface area (Å²) >= 11 is 0. The van der Waals surface area contributed by atoms with E-state index in [2.05, 4.69) is 14.5 Å². The van der Waals surface area contributed by atoms with Gasteiger partial charge in [0.15, 0.2) is 12.5 Å². The molecule has 6 N–H and O–H groups in total. The summed E-state index contributed by atoms with van der Waals surface area (Å²) in [7, 11) is -4.81. The van der Waals surface area contributed by atoms with Crippen molar-refractivity contribution in [2.75, 3.05) is 12.3 Å². The molecule has 1 aliphatic rings. The molecule has 0 amide bonds. The van der Waals surface area contributed by atoms with E-state index in [0.717, 1.165) is 0 Å². The highest BCUT2D eigenvalue weighted by molar-refractivity contribution is 7.46. The van der Waals surface area contributed by atoms with Crippen LogP contribution in [0.5, 0.6) is 0 Å². The van der Waals surface area contributed by atoms with Crippen molar-refractivity contribution >= 4 is 24.7 Å². The number of aliphatic hydroxyl groups is 2. The van der Waals surface area contributed by atoms with Gasteiger partial charge in [0.1, 0.15) is 35.6 Å². The molecule has 13 nitrogen and oxygen atoms in total. The maximum absolute atomic E-state index is 11.1. The molecule has 3 unspecified atom stereocenters. The molecule has 0 spiro atoms. The zero-order valence-electron chi connectivity index (χ0n) is 19.0. The van der Waals surface area contributed by atoms with Gasteiger partial charge in [0.05, 0.1) is 24.2 Å². The fourth-order valence-electron chi connectivity index (χ4n) is 3.72. The summed E-state index contributed by atoms with van der Waals surface area (Å²) < 4.78 is 34.7. The molecule has 3 rings (SSSR count). The number of rotatable bonds is 9. The second-order valence-electron chi connectivity index (χ2n) is 8.63. The molecule has 0 aromatic carbocycles. The largest absolute Gasteiger partial charge is 0.469 e. The van der Waals surface area contributed by atoms with E-state index in [9.17, 15) is 14.8 Å². The fourth-order valence-corrected chi connectivity index (χ4v) is 4.06. The second kappa shape index (κ2) is 9.53. The van der Waals surface area contributed by atoms with E-state index in [1.165, 1.54) is 17.8 Å². The Morgan fingerprint density at radius 3 is 2.39 bits per heavy atom. The van der Waals surface area contributed by atoms with Crippen LogP contribution in [0, 0.1) is 0 Å². The molecule has 33 heavy (non-hydrogen) atoms. The number of nitrogens with zero attached hydrogens (tertiary/aromatic N) is 3. The molecule has 2 aromatic rings. The van der Waals surface area contributed by atoms with Crippen molar-refractivity contribution in [2.24, 2.45) is 0 Å². The van der Waals surface area contributed by atoms with Crippen LogP contribution in [-0.4, -0.2) is 71.2 Å². The fraction of sp³-hybridized carbons (Fsp3) is 0.684. The lowest BCUT2D eigenvalue weighted by atomic mass is 9.96. The monoisotopic (exact) mass is 490 g/mol. The van der Waals surface area contributed by atoms with Gasteiger partial charge in [0.25, 0.3) is 0 Å². The van der Waals surface area contributed by atoms with Crippen molar-refractivity contribution in [3.8, 4) is 0 Å². The molecule has 1 fully saturated rings. The molecular weight excluding hydrogens is 459 g/mol. The highest BCUT2D eigenvalue weighted by Gasteiger charge is 2.54. The number of anilines is 1. The minimum Gasteiger partial charge on any atom is -0.387 e. The smallest absolute Gasteiger partial charge is 0.387 e. The van der Waals surface area contributed by atoms with E-state index < -0.39 is 44.8 Å². The second-order valence-corrected chi connectivity index (χ2v) is 9.87. The van der Waals surface area contributed by atoms with Crippen molar-refractivity contribution in [2.45, 2.75) is 77.2 Å². The number of hydrogen-bond acceptors (Lipinski definition) is 10. The average molecular weight is 490 g/mol. The quantitative estimate of drug-likeness (QED) is 0.248. The van der Waals surface area contributed by atoms with E-state index in [1.54, 1.807) is 6.20 Å². The molecule has 2 aromatic heterocycles. The lowest BCUT2D eigenvalue weighted by Gasteiger charge is -2.27. The molecular formula is C19H31N4O9P. The normalized spacial score (nSPS) is 26.4. The number of phosphoric ester groups is 1. The van der Waals surface area contributed by atoms with Crippen LogP contribution in [0.4, 0.5) is 5.82 Å². The molecule has 0 bridgehead atoms. The molecule has 1 aliphatic heterocycles. The SMILES string of the molecule is CC(C)OC(OC(C)C)c1cn(C2OC(COP(=O)(O)O)C(O)[C@@]2(C)O)c2ncnc(N)c12. The first-order chi connectivity index (χ1) is 15.2. The predicted molar refractivity (Wildman–Crippen MR) is 116 cm³/mol. The van der Waals surface area contributed by atoms with Crippen LogP contribution >= 0.6 is 7.82 Å². The first kappa shape index (κ1) is 25.9. The number of hydrogen-bond donors (Lipinski definition) is 5. The number of fused-ring (bicyclic) bond motifs is 1. The van der Waals surface area contributed by atoms with Crippen molar-refractivity contribution in [3.05, 3.63) is 18.1 Å². The highest BCUT2D eigenvalue weighted by Crippen LogP contribution is 2.44. The zero-order chi connectivity index (χ0) is 24.7. The molecule has 0 saturated carbocycles. The molecule has 0 radical (unpaired) electrons. The van der Waals surface area contributed by atoms with E-state index in [1.807, 2.05) is 27.7 Å². The van der Waals surface area contributed by atoms with E-state index in [4.69, 9.17) is 29.7 Å². The molecule has 186 valence electrons. The Bertz CT molecular complexity index is 1010. The first-order valence-corrected chi connectivity index (χ1v) is 11.9. The third-order valence-electron chi connectivity index (χ3n) is 5.13. The minimum atomic E-state index is -4.81.